The van der Waals surface area contributed by atoms with Crippen LogP contribution in [0.2, 0.25) is 0 Å². The number of carbonyl (C=O) groups excluding carboxylic acids is 2. The summed E-state index contributed by atoms with van der Waals surface area (Å²) in [7, 11) is 2.11. The van der Waals surface area contributed by atoms with E-state index in [0.29, 0.717) is 18.8 Å². The van der Waals surface area contributed by atoms with Gasteiger partial charge in [0.15, 0.2) is 0 Å². The molecule has 0 aliphatic carbocycles. The Hall–Kier alpha value is -0.900. The van der Waals surface area contributed by atoms with E-state index in [-0.39, 0.29) is 23.4 Å². The summed E-state index contributed by atoms with van der Waals surface area (Å²) in [6.07, 6.45) is 1.70. The Labute approximate surface area is 103 Å². The lowest BCUT2D eigenvalue weighted by Gasteiger charge is -2.50. The van der Waals surface area contributed by atoms with E-state index in [0.717, 1.165) is 13.0 Å². The quantitative estimate of drug-likeness (QED) is 0.646. The van der Waals surface area contributed by atoms with Crippen LogP contribution in [0.4, 0.5) is 0 Å². The third-order valence-electron chi connectivity index (χ3n) is 4.86. The summed E-state index contributed by atoms with van der Waals surface area (Å²) in [6, 6.07) is 0.0868. The van der Waals surface area contributed by atoms with Gasteiger partial charge in [-0.1, -0.05) is 6.92 Å². The van der Waals surface area contributed by atoms with Gasteiger partial charge in [-0.3, -0.25) is 14.5 Å². The van der Waals surface area contributed by atoms with Gasteiger partial charge in [0, 0.05) is 31.0 Å². The maximum atomic E-state index is 11.8. The van der Waals surface area contributed by atoms with E-state index in [1.807, 2.05) is 0 Å². The largest absolute Gasteiger partial charge is 0.301 e. The summed E-state index contributed by atoms with van der Waals surface area (Å²) in [4.78, 5) is 27.5. The predicted octanol–water partition coefficient (Wildman–Crippen LogP) is 1.25. The fraction of sp³-hybridized carbons (Fsp3) is 0.846. The number of rotatable bonds is 1. The summed E-state index contributed by atoms with van der Waals surface area (Å²) in [5.41, 5.74) is 0.0338. The minimum absolute atomic E-state index is 0.0206. The highest BCUT2D eigenvalue weighted by Crippen LogP contribution is 2.36. The number of imide groups is 1. The summed E-state index contributed by atoms with van der Waals surface area (Å²) in [6.45, 7) is 7.47. The van der Waals surface area contributed by atoms with E-state index < -0.39 is 0 Å². The molecule has 2 rings (SSSR count). The Morgan fingerprint density at radius 3 is 2.24 bits per heavy atom. The van der Waals surface area contributed by atoms with Crippen LogP contribution in [0.1, 0.15) is 40.0 Å². The third-order valence-corrected chi connectivity index (χ3v) is 4.86. The van der Waals surface area contributed by atoms with Crippen LogP contribution >= 0.6 is 0 Å². The first-order valence-electron chi connectivity index (χ1n) is 6.42. The number of piperidine rings is 1. The molecule has 0 aromatic heterocycles. The Morgan fingerprint density at radius 1 is 1.18 bits per heavy atom. The van der Waals surface area contributed by atoms with Crippen molar-refractivity contribution in [1.29, 1.82) is 0 Å². The number of hydrogen-bond acceptors (Lipinski definition) is 3. The number of amides is 2. The van der Waals surface area contributed by atoms with E-state index in [2.05, 4.69) is 32.7 Å². The molecule has 0 bridgehead atoms. The SMILES string of the molecule is CC1C(N2C(=O)CCC2=O)CCN(C)C1(C)C. The van der Waals surface area contributed by atoms with Crippen molar-refractivity contribution in [3.63, 3.8) is 0 Å². The first-order valence-corrected chi connectivity index (χ1v) is 6.42. The molecule has 2 unspecified atom stereocenters. The molecule has 2 aliphatic heterocycles. The van der Waals surface area contributed by atoms with Gasteiger partial charge in [0.2, 0.25) is 11.8 Å². The molecule has 2 amide bonds. The van der Waals surface area contributed by atoms with Crippen LogP contribution in [0.5, 0.6) is 0 Å². The lowest BCUT2D eigenvalue weighted by atomic mass is 9.76. The van der Waals surface area contributed by atoms with E-state index in [9.17, 15) is 9.59 Å². The molecule has 2 fully saturated rings. The molecule has 2 atom stereocenters. The summed E-state index contributed by atoms with van der Waals surface area (Å²) in [5.74, 6) is 0.353. The van der Waals surface area contributed by atoms with Crippen molar-refractivity contribution in [3.05, 3.63) is 0 Å². The predicted molar refractivity (Wildman–Crippen MR) is 65.4 cm³/mol. The smallest absolute Gasteiger partial charge is 0.229 e. The Kier molecular flexibility index (Phi) is 3.02. The number of hydrogen-bond donors (Lipinski definition) is 0. The van der Waals surface area contributed by atoms with Crippen molar-refractivity contribution in [3.8, 4) is 0 Å². The Balaban J connectivity index is 2.22. The molecule has 2 saturated heterocycles. The van der Waals surface area contributed by atoms with Crippen molar-refractivity contribution in [2.75, 3.05) is 13.6 Å². The fourth-order valence-corrected chi connectivity index (χ4v) is 3.00. The zero-order valence-electron chi connectivity index (χ0n) is 11.2. The van der Waals surface area contributed by atoms with Gasteiger partial charge in [0.1, 0.15) is 0 Å². The normalized spacial score (nSPS) is 34.5. The van der Waals surface area contributed by atoms with Crippen LogP contribution in [0.3, 0.4) is 0 Å². The zero-order valence-corrected chi connectivity index (χ0v) is 11.2. The Morgan fingerprint density at radius 2 is 1.71 bits per heavy atom. The molecular weight excluding hydrogens is 216 g/mol. The first kappa shape index (κ1) is 12.6. The standard InChI is InChI=1S/C13H22N2O2/c1-9-10(7-8-14(4)13(9,2)3)15-11(16)5-6-12(15)17/h9-10H,5-8H2,1-4H3. The average Bonchev–Trinajstić information content (AvgIpc) is 2.58. The number of likely N-dealkylation sites (tertiary alicyclic amines) is 2. The molecule has 0 saturated carbocycles. The molecular formula is C13H22N2O2. The minimum atomic E-state index is 0.0206. The average molecular weight is 238 g/mol. The number of nitrogens with zero attached hydrogens (tertiary/aromatic N) is 2. The van der Waals surface area contributed by atoms with Crippen LogP contribution in [-0.4, -0.2) is 46.8 Å². The molecule has 2 heterocycles. The van der Waals surface area contributed by atoms with Crippen molar-refractivity contribution < 1.29 is 9.59 Å². The lowest BCUT2D eigenvalue weighted by Crippen LogP contribution is -2.60. The van der Waals surface area contributed by atoms with Crippen LogP contribution < -0.4 is 0 Å². The van der Waals surface area contributed by atoms with E-state index in [1.54, 1.807) is 4.90 Å². The zero-order chi connectivity index (χ0) is 12.8. The minimum Gasteiger partial charge on any atom is -0.301 e. The van der Waals surface area contributed by atoms with E-state index in [4.69, 9.17) is 0 Å². The summed E-state index contributed by atoms with van der Waals surface area (Å²) >= 11 is 0. The van der Waals surface area contributed by atoms with E-state index in [1.165, 1.54) is 0 Å². The van der Waals surface area contributed by atoms with Gasteiger partial charge < -0.3 is 4.90 Å². The Bertz CT molecular complexity index is 335. The van der Waals surface area contributed by atoms with Crippen molar-refractivity contribution in [1.82, 2.24) is 9.80 Å². The molecule has 0 N–H and O–H groups in total. The van der Waals surface area contributed by atoms with Crippen LogP contribution in [0, 0.1) is 5.92 Å². The molecule has 0 radical (unpaired) electrons. The summed E-state index contributed by atoms with van der Waals surface area (Å²) in [5, 5.41) is 0. The highest BCUT2D eigenvalue weighted by molar-refractivity contribution is 6.02. The van der Waals surface area contributed by atoms with Gasteiger partial charge in [-0.25, -0.2) is 0 Å². The van der Waals surface area contributed by atoms with Crippen molar-refractivity contribution in [2.24, 2.45) is 5.92 Å². The topological polar surface area (TPSA) is 40.6 Å². The maximum Gasteiger partial charge on any atom is 0.229 e. The van der Waals surface area contributed by atoms with Crippen molar-refractivity contribution >= 4 is 11.8 Å². The molecule has 0 spiro atoms. The second-order valence-electron chi connectivity index (χ2n) is 5.88. The van der Waals surface area contributed by atoms with Gasteiger partial charge in [0.05, 0.1) is 0 Å². The molecule has 2 aliphatic rings. The molecule has 0 aromatic rings. The maximum absolute atomic E-state index is 11.8. The number of carbonyl (C=O) groups is 2. The monoisotopic (exact) mass is 238 g/mol. The van der Waals surface area contributed by atoms with Gasteiger partial charge in [-0.2, -0.15) is 0 Å². The molecule has 17 heavy (non-hydrogen) atoms. The molecule has 96 valence electrons. The molecule has 4 nitrogen and oxygen atoms in total. The molecule has 4 heteroatoms. The summed E-state index contributed by atoms with van der Waals surface area (Å²) < 4.78 is 0. The lowest BCUT2D eigenvalue weighted by molar-refractivity contribution is -0.145. The van der Waals surface area contributed by atoms with Crippen LogP contribution in [-0.2, 0) is 9.59 Å². The first-order chi connectivity index (χ1) is 7.85. The fourth-order valence-electron chi connectivity index (χ4n) is 3.00. The second-order valence-corrected chi connectivity index (χ2v) is 5.88. The van der Waals surface area contributed by atoms with Gasteiger partial charge in [-0.05, 0) is 33.2 Å². The highest BCUT2D eigenvalue weighted by Gasteiger charge is 2.46. The van der Waals surface area contributed by atoms with Crippen LogP contribution in [0.25, 0.3) is 0 Å². The highest BCUT2D eigenvalue weighted by atomic mass is 16.2. The van der Waals surface area contributed by atoms with Gasteiger partial charge in [-0.15, -0.1) is 0 Å². The van der Waals surface area contributed by atoms with E-state index >= 15 is 0 Å². The van der Waals surface area contributed by atoms with Gasteiger partial charge >= 0.3 is 0 Å². The third kappa shape index (κ3) is 1.88. The van der Waals surface area contributed by atoms with Crippen molar-refractivity contribution in [2.45, 2.75) is 51.6 Å². The molecule has 0 aromatic carbocycles. The van der Waals surface area contributed by atoms with Crippen LogP contribution in [0.15, 0.2) is 0 Å². The van der Waals surface area contributed by atoms with Gasteiger partial charge in [0.25, 0.3) is 0 Å². The second kappa shape index (κ2) is 4.09.